The third-order valence-corrected chi connectivity index (χ3v) is 3.70. The van der Waals surface area contributed by atoms with E-state index in [2.05, 4.69) is 0 Å². The summed E-state index contributed by atoms with van der Waals surface area (Å²) in [4.78, 5) is 12.1. The number of esters is 1. The monoisotopic (exact) mass is 348 g/mol. The molecule has 2 aromatic carbocycles. The lowest BCUT2D eigenvalue weighted by atomic mass is 10.2. The third-order valence-electron chi connectivity index (χ3n) is 3.42. The van der Waals surface area contributed by atoms with E-state index in [1.54, 1.807) is 12.1 Å². The van der Waals surface area contributed by atoms with Gasteiger partial charge >= 0.3 is 5.97 Å². The van der Waals surface area contributed by atoms with Crippen LogP contribution in [0, 0.1) is 0 Å². The van der Waals surface area contributed by atoms with Crippen molar-refractivity contribution in [1.29, 1.82) is 0 Å². The molecule has 2 aromatic rings. The summed E-state index contributed by atoms with van der Waals surface area (Å²) in [5.41, 5.74) is 1.36. The van der Waals surface area contributed by atoms with Gasteiger partial charge < -0.3 is 14.2 Å². The van der Waals surface area contributed by atoms with Crippen LogP contribution < -0.4 is 9.47 Å². The average Bonchev–Trinajstić information content (AvgIpc) is 2.61. The quantitative estimate of drug-likeness (QED) is 0.503. The number of hydrogen-bond acceptors (Lipinski definition) is 4. The summed E-state index contributed by atoms with van der Waals surface area (Å²) in [5.74, 6) is 0.396. The fourth-order valence-corrected chi connectivity index (χ4v) is 2.37. The maximum Gasteiger partial charge on any atom is 0.338 e. The van der Waals surface area contributed by atoms with Crippen LogP contribution in [0.3, 0.4) is 0 Å². The summed E-state index contributed by atoms with van der Waals surface area (Å²) in [6.07, 6.45) is 1.79. The van der Waals surface area contributed by atoms with Gasteiger partial charge in [0.2, 0.25) is 0 Å². The first kappa shape index (κ1) is 18.1. The van der Waals surface area contributed by atoms with Crippen molar-refractivity contribution in [1.82, 2.24) is 0 Å². The molecule has 0 heterocycles. The average molecular weight is 349 g/mol. The van der Waals surface area contributed by atoms with Crippen LogP contribution in [0.25, 0.3) is 0 Å². The molecule has 5 heteroatoms. The van der Waals surface area contributed by atoms with Gasteiger partial charge in [0.15, 0.2) is 11.5 Å². The van der Waals surface area contributed by atoms with Crippen molar-refractivity contribution in [3.63, 3.8) is 0 Å². The van der Waals surface area contributed by atoms with Crippen molar-refractivity contribution in [2.24, 2.45) is 0 Å². The SMILES string of the molecule is CCCCOC(=O)c1cc(Cl)c(OCc2ccccc2)c(OC)c1. The van der Waals surface area contributed by atoms with E-state index in [-0.39, 0.29) is 0 Å². The van der Waals surface area contributed by atoms with Gasteiger partial charge in [0.25, 0.3) is 0 Å². The lowest BCUT2D eigenvalue weighted by Crippen LogP contribution is -2.07. The Morgan fingerprint density at radius 2 is 1.92 bits per heavy atom. The van der Waals surface area contributed by atoms with E-state index < -0.39 is 5.97 Å². The largest absolute Gasteiger partial charge is 0.493 e. The molecule has 0 aliphatic heterocycles. The zero-order valence-electron chi connectivity index (χ0n) is 13.9. The van der Waals surface area contributed by atoms with Crippen molar-refractivity contribution in [2.45, 2.75) is 26.4 Å². The molecule has 0 amide bonds. The molecule has 0 fully saturated rings. The van der Waals surface area contributed by atoms with Crippen LogP contribution in [0.15, 0.2) is 42.5 Å². The number of hydrogen-bond donors (Lipinski definition) is 0. The highest BCUT2D eigenvalue weighted by atomic mass is 35.5. The maximum absolute atomic E-state index is 12.1. The summed E-state index contributed by atoms with van der Waals surface area (Å²) in [6, 6.07) is 12.9. The number of rotatable bonds is 8. The Hall–Kier alpha value is -2.20. The summed E-state index contributed by atoms with van der Waals surface area (Å²) in [7, 11) is 1.51. The molecule has 128 valence electrons. The smallest absolute Gasteiger partial charge is 0.338 e. The molecule has 0 unspecified atom stereocenters. The molecular weight excluding hydrogens is 328 g/mol. The second kappa shape index (κ2) is 9.18. The Morgan fingerprint density at radius 3 is 2.58 bits per heavy atom. The first-order valence-corrected chi connectivity index (χ1v) is 8.25. The highest BCUT2D eigenvalue weighted by Crippen LogP contribution is 2.37. The van der Waals surface area contributed by atoms with Crippen molar-refractivity contribution < 1.29 is 19.0 Å². The van der Waals surface area contributed by atoms with Gasteiger partial charge in [-0.25, -0.2) is 4.79 Å². The number of benzene rings is 2. The van der Waals surface area contributed by atoms with Crippen LogP contribution in [-0.4, -0.2) is 19.7 Å². The molecule has 4 nitrogen and oxygen atoms in total. The van der Waals surface area contributed by atoms with Crippen molar-refractivity contribution >= 4 is 17.6 Å². The molecule has 2 rings (SSSR count). The van der Waals surface area contributed by atoms with E-state index in [0.29, 0.717) is 35.3 Å². The van der Waals surface area contributed by atoms with Crippen LogP contribution >= 0.6 is 11.6 Å². The summed E-state index contributed by atoms with van der Waals surface area (Å²) < 4.78 is 16.3. The van der Waals surface area contributed by atoms with E-state index in [1.165, 1.54) is 7.11 Å². The molecule has 0 aliphatic carbocycles. The topological polar surface area (TPSA) is 44.8 Å². The van der Waals surface area contributed by atoms with Crippen LogP contribution in [0.2, 0.25) is 5.02 Å². The Balaban J connectivity index is 2.13. The van der Waals surface area contributed by atoms with Gasteiger partial charge in [-0.2, -0.15) is 0 Å². The van der Waals surface area contributed by atoms with Crippen LogP contribution in [0.4, 0.5) is 0 Å². The molecule has 0 bridgehead atoms. The fraction of sp³-hybridized carbons (Fsp3) is 0.316. The van der Waals surface area contributed by atoms with Gasteiger partial charge in [-0.15, -0.1) is 0 Å². The Labute approximate surface area is 147 Å². The minimum atomic E-state index is -0.418. The third kappa shape index (κ3) is 4.90. The first-order chi connectivity index (χ1) is 11.7. The van der Waals surface area contributed by atoms with Crippen molar-refractivity contribution in [3.05, 3.63) is 58.6 Å². The predicted molar refractivity (Wildman–Crippen MR) is 94.0 cm³/mol. The van der Waals surface area contributed by atoms with Gasteiger partial charge in [0.05, 0.1) is 24.3 Å². The summed E-state index contributed by atoms with van der Waals surface area (Å²) in [5, 5.41) is 0.313. The standard InChI is InChI=1S/C19H21ClO4/c1-3-4-10-23-19(21)15-11-16(20)18(17(12-15)22-2)24-13-14-8-6-5-7-9-14/h5-9,11-12H,3-4,10,13H2,1-2H3. The van der Waals surface area contributed by atoms with Crippen LogP contribution in [-0.2, 0) is 11.3 Å². The van der Waals surface area contributed by atoms with E-state index in [4.69, 9.17) is 25.8 Å². The fourth-order valence-electron chi connectivity index (χ4n) is 2.10. The Morgan fingerprint density at radius 1 is 1.17 bits per heavy atom. The number of halogens is 1. The molecule has 24 heavy (non-hydrogen) atoms. The number of carbonyl (C=O) groups is 1. The Bertz CT molecular complexity index is 671. The van der Waals surface area contributed by atoms with Gasteiger partial charge in [0, 0.05) is 0 Å². The highest BCUT2D eigenvalue weighted by molar-refractivity contribution is 6.32. The lowest BCUT2D eigenvalue weighted by molar-refractivity contribution is 0.0499. The number of ether oxygens (including phenoxy) is 3. The van der Waals surface area contributed by atoms with Gasteiger partial charge in [-0.05, 0) is 24.1 Å². The molecule has 0 aromatic heterocycles. The molecule has 0 saturated heterocycles. The second-order valence-corrected chi connectivity index (χ2v) is 5.66. The van der Waals surface area contributed by atoms with E-state index >= 15 is 0 Å². The number of carbonyl (C=O) groups excluding carboxylic acids is 1. The molecule has 0 radical (unpaired) electrons. The van der Waals surface area contributed by atoms with Gasteiger partial charge in [0.1, 0.15) is 6.61 Å². The zero-order valence-corrected chi connectivity index (χ0v) is 14.6. The Kier molecular flexibility index (Phi) is 6.94. The molecular formula is C19H21ClO4. The number of methoxy groups -OCH3 is 1. The normalized spacial score (nSPS) is 10.3. The molecule has 0 spiro atoms. The van der Waals surface area contributed by atoms with E-state index in [0.717, 1.165) is 18.4 Å². The predicted octanol–water partition coefficient (Wildman–Crippen LogP) is 4.88. The van der Waals surface area contributed by atoms with E-state index in [9.17, 15) is 4.79 Å². The molecule has 0 saturated carbocycles. The molecule has 0 atom stereocenters. The highest BCUT2D eigenvalue weighted by Gasteiger charge is 2.17. The number of unbranched alkanes of at least 4 members (excludes halogenated alkanes) is 1. The van der Waals surface area contributed by atoms with Gasteiger partial charge in [-0.1, -0.05) is 55.3 Å². The minimum absolute atomic E-state index is 0.313. The summed E-state index contributed by atoms with van der Waals surface area (Å²) >= 11 is 6.27. The van der Waals surface area contributed by atoms with Crippen molar-refractivity contribution in [2.75, 3.05) is 13.7 Å². The molecule has 0 aliphatic rings. The van der Waals surface area contributed by atoms with Crippen LogP contribution in [0.1, 0.15) is 35.7 Å². The summed E-state index contributed by atoms with van der Waals surface area (Å²) in [6.45, 7) is 2.78. The second-order valence-electron chi connectivity index (χ2n) is 5.25. The zero-order chi connectivity index (χ0) is 17.4. The lowest BCUT2D eigenvalue weighted by Gasteiger charge is -2.14. The maximum atomic E-state index is 12.1. The van der Waals surface area contributed by atoms with E-state index in [1.807, 2.05) is 37.3 Å². The first-order valence-electron chi connectivity index (χ1n) is 7.87. The van der Waals surface area contributed by atoms with Crippen LogP contribution in [0.5, 0.6) is 11.5 Å². The van der Waals surface area contributed by atoms with Crippen molar-refractivity contribution in [3.8, 4) is 11.5 Å². The van der Waals surface area contributed by atoms with Gasteiger partial charge in [-0.3, -0.25) is 0 Å². The minimum Gasteiger partial charge on any atom is -0.493 e. The molecule has 0 N–H and O–H groups in total.